The summed E-state index contributed by atoms with van der Waals surface area (Å²) >= 11 is 1.63. The monoisotopic (exact) mass is 225 g/mol. The molecule has 1 aromatic rings. The van der Waals surface area contributed by atoms with Crippen LogP contribution in [0, 0.1) is 5.82 Å². The molecule has 3 heteroatoms. The van der Waals surface area contributed by atoms with Crippen LogP contribution in [-0.4, -0.2) is 6.26 Å². The summed E-state index contributed by atoms with van der Waals surface area (Å²) in [5, 5.41) is 0. The molecule has 1 aliphatic rings. The van der Waals surface area contributed by atoms with Crippen molar-refractivity contribution >= 4 is 11.8 Å². The van der Waals surface area contributed by atoms with Gasteiger partial charge in [-0.3, -0.25) is 0 Å². The molecule has 1 saturated carbocycles. The van der Waals surface area contributed by atoms with Gasteiger partial charge in [0.15, 0.2) is 0 Å². The third kappa shape index (κ3) is 2.04. The fraction of sp³-hybridized carbons (Fsp3) is 0.500. The molecule has 82 valence electrons. The first kappa shape index (κ1) is 11.0. The molecular formula is C12H16FNS. The highest BCUT2D eigenvalue weighted by atomic mass is 32.2. The average Bonchev–Trinajstić information content (AvgIpc) is 2.67. The van der Waals surface area contributed by atoms with E-state index >= 15 is 0 Å². The topological polar surface area (TPSA) is 26.0 Å². The molecule has 1 aliphatic carbocycles. The number of benzene rings is 1. The van der Waals surface area contributed by atoms with E-state index in [4.69, 9.17) is 5.73 Å². The molecular weight excluding hydrogens is 209 g/mol. The van der Waals surface area contributed by atoms with Crippen LogP contribution in [0.1, 0.15) is 31.2 Å². The average molecular weight is 225 g/mol. The van der Waals surface area contributed by atoms with Crippen molar-refractivity contribution in [3.8, 4) is 0 Å². The van der Waals surface area contributed by atoms with E-state index in [-0.39, 0.29) is 5.82 Å². The van der Waals surface area contributed by atoms with Crippen LogP contribution in [0.5, 0.6) is 0 Å². The fourth-order valence-corrected chi connectivity index (χ4v) is 2.73. The van der Waals surface area contributed by atoms with Gasteiger partial charge in [-0.1, -0.05) is 12.8 Å². The van der Waals surface area contributed by atoms with Gasteiger partial charge in [0.25, 0.3) is 0 Å². The maximum atomic E-state index is 13.7. The Balaban J connectivity index is 2.41. The molecule has 0 spiro atoms. The Morgan fingerprint density at radius 3 is 2.60 bits per heavy atom. The fourth-order valence-electron chi connectivity index (χ4n) is 2.29. The normalized spacial score (nSPS) is 19.4. The molecule has 15 heavy (non-hydrogen) atoms. The second-order valence-electron chi connectivity index (χ2n) is 4.21. The first-order valence-corrected chi connectivity index (χ1v) is 6.51. The first-order valence-electron chi connectivity index (χ1n) is 5.29. The largest absolute Gasteiger partial charge is 0.321 e. The predicted molar refractivity (Wildman–Crippen MR) is 62.5 cm³/mol. The maximum Gasteiger partial charge on any atom is 0.128 e. The molecule has 2 N–H and O–H groups in total. The molecule has 0 saturated heterocycles. The number of nitrogens with two attached hydrogens (primary N) is 1. The quantitative estimate of drug-likeness (QED) is 0.782. The van der Waals surface area contributed by atoms with E-state index in [1.54, 1.807) is 11.8 Å². The summed E-state index contributed by atoms with van der Waals surface area (Å²) in [6.45, 7) is 0. The van der Waals surface area contributed by atoms with Crippen molar-refractivity contribution in [3.63, 3.8) is 0 Å². The molecule has 0 bridgehead atoms. The first-order chi connectivity index (χ1) is 7.15. The van der Waals surface area contributed by atoms with Gasteiger partial charge in [-0.2, -0.15) is 0 Å². The number of halogens is 1. The Bertz CT molecular complexity index is 359. The Labute approximate surface area is 94.2 Å². The van der Waals surface area contributed by atoms with Crippen molar-refractivity contribution in [3.05, 3.63) is 29.6 Å². The predicted octanol–water partition coefficient (Wildman–Crippen LogP) is 3.28. The number of hydrogen-bond acceptors (Lipinski definition) is 2. The molecule has 1 fully saturated rings. The van der Waals surface area contributed by atoms with Crippen molar-refractivity contribution in [1.29, 1.82) is 0 Å². The van der Waals surface area contributed by atoms with Crippen LogP contribution in [0.15, 0.2) is 23.1 Å². The van der Waals surface area contributed by atoms with Crippen LogP contribution in [-0.2, 0) is 5.54 Å². The zero-order valence-corrected chi connectivity index (χ0v) is 9.74. The lowest BCUT2D eigenvalue weighted by molar-refractivity contribution is 0.432. The van der Waals surface area contributed by atoms with E-state index in [0.29, 0.717) is 5.56 Å². The van der Waals surface area contributed by atoms with E-state index in [2.05, 4.69) is 0 Å². The second kappa shape index (κ2) is 4.14. The van der Waals surface area contributed by atoms with Crippen molar-refractivity contribution in [2.75, 3.05) is 6.26 Å². The molecule has 2 rings (SSSR count). The van der Waals surface area contributed by atoms with Gasteiger partial charge in [0, 0.05) is 16.0 Å². The van der Waals surface area contributed by atoms with E-state index < -0.39 is 5.54 Å². The van der Waals surface area contributed by atoms with Gasteiger partial charge < -0.3 is 5.73 Å². The van der Waals surface area contributed by atoms with Gasteiger partial charge in [-0.05, 0) is 37.3 Å². The summed E-state index contributed by atoms with van der Waals surface area (Å²) in [6, 6.07) is 5.25. The molecule has 0 unspecified atom stereocenters. The van der Waals surface area contributed by atoms with E-state index in [0.717, 1.165) is 30.6 Å². The molecule has 0 aliphatic heterocycles. The minimum absolute atomic E-state index is 0.155. The van der Waals surface area contributed by atoms with E-state index in [9.17, 15) is 4.39 Å². The molecule has 1 nitrogen and oxygen atoms in total. The van der Waals surface area contributed by atoms with E-state index in [1.165, 1.54) is 6.07 Å². The van der Waals surface area contributed by atoms with Crippen LogP contribution in [0.4, 0.5) is 4.39 Å². The zero-order valence-electron chi connectivity index (χ0n) is 8.92. The van der Waals surface area contributed by atoms with Gasteiger partial charge in [0.05, 0.1) is 0 Å². The van der Waals surface area contributed by atoms with Crippen molar-refractivity contribution < 1.29 is 4.39 Å². The summed E-state index contributed by atoms with van der Waals surface area (Å²) in [4.78, 5) is 1.09. The van der Waals surface area contributed by atoms with Gasteiger partial charge in [-0.25, -0.2) is 4.39 Å². The van der Waals surface area contributed by atoms with E-state index in [1.807, 2.05) is 18.4 Å². The lowest BCUT2D eigenvalue weighted by atomic mass is 9.89. The second-order valence-corrected chi connectivity index (χ2v) is 5.09. The summed E-state index contributed by atoms with van der Waals surface area (Å²) in [6.07, 6.45) is 6.03. The highest BCUT2D eigenvalue weighted by Crippen LogP contribution is 2.38. The number of hydrogen-bond donors (Lipinski definition) is 1. The van der Waals surface area contributed by atoms with Crippen LogP contribution < -0.4 is 5.73 Å². The maximum absolute atomic E-state index is 13.7. The molecule has 0 atom stereocenters. The number of rotatable bonds is 2. The third-order valence-electron chi connectivity index (χ3n) is 3.21. The third-order valence-corrected chi connectivity index (χ3v) is 3.93. The van der Waals surface area contributed by atoms with Crippen LogP contribution in [0.25, 0.3) is 0 Å². The highest BCUT2D eigenvalue weighted by Gasteiger charge is 2.33. The smallest absolute Gasteiger partial charge is 0.128 e. The van der Waals surface area contributed by atoms with Gasteiger partial charge in [0.2, 0.25) is 0 Å². The van der Waals surface area contributed by atoms with Crippen molar-refractivity contribution in [2.45, 2.75) is 36.1 Å². The molecule has 0 aromatic heterocycles. The Hall–Kier alpha value is -0.540. The minimum atomic E-state index is -0.421. The standard InChI is InChI=1S/C12H16FNS/c1-15-9-4-5-11(13)10(8-9)12(14)6-2-3-7-12/h4-5,8H,2-3,6-7,14H2,1H3. The van der Waals surface area contributed by atoms with Gasteiger partial charge in [-0.15, -0.1) is 11.8 Å². The summed E-state index contributed by atoms with van der Waals surface area (Å²) in [7, 11) is 0. The van der Waals surface area contributed by atoms with Crippen molar-refractivity contribution in [1.82, 2.24) is 0 Å². The van der Waals surface area contributed by atoms with Crippen molar-refractivity contribution in [2.24, 2.45) is 5.73 Å². The Morgan fingerprint density at radius 2 is 2.00 bits per heavy atom. The zero-order chi connectivity index (χ0) is 10.9. The summed E-state index contributed by atoms with van der Waals surface area (Å²) < 4.78 is 13.7. The highest BCUT2D eigenvalue weighted by molar-refractivity contribution is 7.98. The molecule has 1 aromatic carbocycles. The minimum Gasteiger partial charge on any atom is -0.321 e. The SMILES string of the molecule is CSc1ccc(F)c(C2(N)CCCC2)c1. The van der Waals surface area contributed by atoms with Gasteiger partial charge in [0.1, 0.15) is 5.82 Å². The summed E-state index contributed by atoms with van der Waals surface area (Å²) in [5.74, 6) is -0.155. The Morgan fingerprint density at radius 1 is 1.33 bits per heavy atom. The molecule has 0 radical (unpaired) electrons. The van der Waals surface area contributed by atoms with Crippen LogP contribution in [0.2, 0.25) is 0 Å². The Kier molecular flexibility index (Phi) is 3.03. The number of thioether (sulfide) groups is 1. The summed E-state index contributed by atoms with van der Waals surface area (Å²) in [5.41, 5.74) is 6.54. The molecule has 0 heterocycles. The van der Waals surface area contributed by atoms with Crippen LogP contribution >= 0.6 is 11.8 Å². The van der Waals surface area contributed by atoms with Crippen LogP contribution in [0.3, 0.4) is 0 Å². The lowest BCUT2D eigenvalue weighted by Crippen LogP contribution is -2.34. The lowest BCUT2D eigenvalue weighted by Gasteiger charge is -2.25. The van der Waals surface area contributed by atoms with Gasteiger partial charge >= 0.3 is 0 Å². The molecule has 0 amide bonds.